The summed E-state index contributed by atoms with van der Waals surface area (Å²) in [6, 6.07) is 30.8. The van der Waals surface area contributed by atoms with Crippen LogP contribution in [0.2, 0.25) is 0 Å². The second kappa shape index (κ2) is 7.70. The van der Waals surface area contributed by atoms with Crippen molar-refractivity contribution in [3.05, 3.63) is 107 Å². The van der Waals surface area contributed by atoms with Crippen LogP contribution in [0.25, 0.3) is 5.69 Å². The summed E-state index contributed by atoms with van der Waals surface area (Å²) in [7, 11) is 0. The number of nitriles is 1. The van der Waals surface area contributed by atoms with E-state index in [1.54, 1.807) is 12.1 Å². The molecule has 0 aliphatic carbocycles. The molecule has 0 aliphatic heterocycles. The van der Waals surface area contributed by atoms with E-state index in [-0.39, 0.29) is 0 Å². The molecule has 0 fully saturated rings. The van der Waals surface area contributed by atoms with Crippen LogP contribution in [0.3, 0.4) is 0 Å². The van der Waals surface area contributed by atoms with Gasteiger partial charge in [-0.3, -0.25) is 0 Å². The van der Waals surface area contributed by atoms with Gasteiger partial charge < -0.3 is 4.74 Å². The van der Waals surface area contributed by atoms with Gasteiger partial charge >= 0.3 is 0 Å². The Balaban J connectivity index is 1.81. The van der Waals surface area contributed by atoms with Crippen LogP contribution >= 0.6 is 0 Å². The highest BCUT2D eigenvalue weighted by atomic mass is 16.5. The zero-order valence-electron chi connectivity index (χ0n) is 15.4. The lowest BCUT2D eigenvalue weighted by molar-refractivity contribution is 0.440. The van der Waals surface area contributed by atoms with Crippen molar-refractivity contribution in [2.45, 2.75) is 13.3 Å². The van der Waals surface area contributed by atoms with Crippen LogP contribution in [0.5, 0.6) is 11.6 Å². The highest BCUT2D eigenvalue weighted by molar-refractivity contribution is 5.46. The zero-order valence-corrected chi connectivity index (χ0v) is 15.4. The van der Waals surface area contributed by atoms with Crippen molar-refractivity contribution < 1.29 is 4.74 Å². The van der Waals surface area contributed by atoms with Crippen LogP contribution in [0.4, 0.5) is 0 Å². The lowest BCUT2D eigenvalue weighted by Gasteiger charge is -2.11. The van der Waals surface area contributed by atoms with Crippen molar-refractivity contribution in [3.63, 3.8) is 0 Å². The Morgan fingerprint density at radius 1 is 1.07 bits per heavy atom. The summed E-state index contributed by atoms with van der Waals surface area (Å²) >= 11 is 0. The Hall–Kier alpha value is -4.02. The lowest BCUT2D eigenvalue weighted by atomic mass is 10.1. The van der Waals surface area contributed by atoms with Gasteiger partial charge in [0.2, 0.25) is 5.88 Å². The number of para-hydroxylation sites is 1. The fraction of sp³-hybridized carbons (Fsp3) is 0.0833. The van der Waals surface area contributed by atoms with Gasteiger partial charge in [-0.15, -0.1) is 0 Å². The van der Waals surface area contributed by atoms with Crippen molar-refractivity contribution in [1.29, 1.82) is 5.26 Å². The third-order valence-corrected chi connectivity index (χ3v) is 4.42. The molecule has 0 spiro atoms. The van der Waals surface area contributed by atoms with Crippen LogP contribution in [0.15, 0.2) is 72.8 Å². The number of rotatable bonds is 5. The third-order valence-electron chi connectivity index (χ3n) is 4.42. The maximum atomic E-state index is 9.18. The van der Waals surface area contributed by atoms with Gasteiger partial charge in [-0.05, 0) is 61.0 Å². The number of hydrogen-bond acceptors (Lipinski definition) is 3. The van der Waals surface area contributed by atoms with Crippen molar-refractivity contribution in [3.8, 4) is 23.4 Å². The zero-order chi connectivity index (χ0) is 19.3. The highest BCUT2D eigenvalue weighted by Gasteiger charge is 2.19. The number of aromatic nitrogens is 2. The van der Waals surface area contributed by atoms with E-state index in [1.165, 1.54) is 0 Å². The van der Waals surface area contributed by atoms with Crippen LogP contribution in [-0.4, -0.2) is 9.78 Å². The summed E-state index contributed by atoms with van der Waals surface area (Å²) in [5.41, 5.74) is 4.45. The number of benzene rings is 2. The van der Waals surface area contributed by atoms with E-state index in [4.69, 9.17) is 9.84 Å². The SMILES string of the molecule is Cc1nn(-c2ccccc2)c(Oc2cccc(C#N)c2)c1Cc1cc#ccc1. The molecule has 1 aromatic heterocycles. The molecule has 1 heterocycles. The smallest absolute Gasteiger partial charge is 0.226 e. The number of hydrogen-bond donors (Lipinski definition) is 0. The first kappa shape index (κ1) is 17.4. The van der Waals surface area contributed by atoms with Crippen LogP contribution in [0, 0.1) is 30.4 Å². The van der Waals surface area contributed by atoms with Gasteiger partial charge in [-0.2, -0.15) is 10.4 Å². The minimum atomic E-state index is 0.551. The van der Waals surface area contributed by atoms with Gasteiger partial charge in [0, 0.05) is 12.0 Å². The molecule has 4 nitrogen and oxygen atoms in total. The van der Waals surface area contributed by atoms with E-state index in [9.17, 15) is 5.26 Å². The van der Waals surface area contributed by atoms with E-state index in [2.05, 4.69) is 18.2 Å². The average molecular weight is 363 g/mol. The van der Waals surface area contributed by atoms with E-state index in [0.717, 1.165) is 22.5 Å². The highest BCUT2D eigenvalue weighted by Crippen LogP contribution is 2.32. The lowest BCUT2D eigenvalue weighted by Crippen LogP contribution is -2.01. The summed E-state index contributed by atoms with van der Waals surface area (Å²) in [6.07, 6.45) is 0.664. The molecule has 134 valence electrons. The van der Waals surface area contributed by atoms with Gasteiger partial charge in [0.05, 0.1) is 23.0 Å². The monoisotopic (exact) mass is 363 g/mol. The van der Waals surface area contributed by atoms with Crippen LogP contribution in [-0.2, 0) is 6.42 Å². The molecule has 0 bridgehead atoms. The summed E-state index contributed by atoms with van der Waals surface area (Å²) < 4.78 is 8.07. The molecular weight excluding hydrogens is 346 g/mol. The summed E-state index contributed by atoms with van der Waals surface area (Å²) in [6.45, 7) is 1.98. The Labute approximate surface area is 164 Å². The molecule has 0 amide bonds. The second-order valence-corrected chi connectivity index (χ2v) is 6.38. The minimum Gasteiger partial charge on any atom is -0.439 e. The maximum absolute atomic E-state index is 9.18. The predicted molar refractivity (Wildman–Crippen MR) is 106 cm³/mol. The molecule has 0 aliphatic rings. The number of aryl methyl sites for hydroxylation is 1. The van der Waals surface area contributed by atoms with E-state index in [0.29, 0.717) is 23.6 Å². The molecule has 0 N–H and O–H groups in total. The summed E-state index contributed by atoms with van der Waals surface area (Å²) in [5.74, 6) is 1.25. The van der Waals surface area contributed by atoms with E-state index in [1.807, 2.05) is 72.3 Å². The topological polar surface area (TPSA) is 50.8 Å². The normalized spacial score (nSPS) is 10.1. The van der Waals surface area contributed by atoms with Gasteiger partial charge in [-0.1, -0.05) is 36.4 Å². The maximum Gasteiger partial charge on any atom is 0.226 e. The first-order chi connectivity index (χ1) is 13.7. The predicted octanol–water partition coefficient (Wildman–Crippen LogP) is 5.04. The van der Waals surface area contributed by atoms with Crippen molar-refractivity contribution in [2.75, 3.05) is 0 Å². The molecule has 4 rings (SSSR count). The summed E-state index contributed by atoms with van der Waals surface area (Å²) in [4.78, 5) is 0. The van der Waals surface area contributed by atoms with Gasteiger partial charge in [0.25, 0.3) is 0 Å². The Kier molecular flexibility index (Phi) is 4.78. The average Bonchev–Trinajstić information content (AvgIpc) is 3.05. The van der Waals surface area contributed by atoms with Gasteiger partial charge in [-0.25, -0.2) is 4.68 Å². The fourth-order valence-electron chi connectivity index (χ4n) is 3.03. The standard InChI is InChI=1S/C24H17N3O/c1-18-23(16-19-9-4-2-5-10-19)24(27(26-18)21-12-6-3-7-13-21)28-22-14-8-11-20(15-22)17-25/h3-4,6-15H,16H2,1H3. The molecule has 0 unspecified atom stereocenters. The molecule has 28 heavy (non-hydrogen) atoms. The Bertz CT molecular complexity index is 1130. The van der Waals surface area contributed by atoms with Crippen LogP contribution < -0.4 is 4.74 Å². The first-order valence-corrected chi connectivity index (χ1v) is 8.93. The first-order valence-electron chi connectivity index (χ1n) is 8.93. The fourth-order valence-corrected chi connectivity index (χ4v) is 3.03. The Morgan fingerprint density at radius 2 is 1.93 bits per heavy atom. The van der Waals surface area contributed by atoms with Gasteiger partial charge in [0.1, 0.15) is 5.75 Å². The Morgan fingerprint density at radius 3 is 2.68 bits per heavy atom. The van der Waals surface area contributed by atoms with E-state index >= 15 is 0 Å². The van der Waals surface area contributed by atoms with E-state index < -0.39 is 0 Å². The molecule has 0 atom stereocenters. The molecule has 0 radical (unpaired) electrons. The molecule has 0 saturated carbocycles. The molecular formula is C24H17N3O. The van der Waals surface area contributed by atoms with Crippen LogP contribution in [0.1, 0.15) is 22.4 Å². The largest absolute Gasteiger partial charge is 0.439 e. The van der Waals surface area contributed by atoms with Crippen molar-refractivity contribution in [2.24, 2.45) is 0 Å². The molecule has 4 heteroatoms. The number of nitrogens with zero attached hydrogens (tertiary/aromatic N) is 3. The number of ether oxygens (including phenoxy) is 1. The third kappa shape index (κ3) is 3.58. The minimum absolute atomic E-state index is 0.551. The molecule has 0 saturated heterocycles. The second-order valence-electron chi connectivity index (χ2n) is 6.38. The molecule has 4 aromatic rings. The van der Waals surface area contributed by atoms with Crippen molar-refractivity contribution in [1.82, 2.24) is 9.78 Å². The summed E-state index contributed by atoms with van der Waals surface area (Å²) in [5, 5.41) is 13.9. The molecule has 3 aromatic carbocycles. The quantitative estimate of drug-likeness (QED) is 0.499. The van der Waals surface area contributed by atoms with Crippen molar-refractivity contribution >= 4 is 0 Å². The van der Waals surface area contributed by atoms with Gasteiger partial charge in [0.15, 0.2) is 0 Å².